The molecule has 0 radical (unpaired) electrons. The van der Waals surface area contributed by atoms with E-state index in [4.69, 9.17) is 6.42 Å². The van der Waals surface area contributed by atoms with Gasteiger partial charge in [-0.3, -0.25) is 4.90 Å². The third-order valence-corrected chi connectivity index (χ3v) is 5.01. The number of hydrogen-bond donors (Lipinski definition) is 1. The van der Waals surface area contributed by atoms with Gasteiger partial charge in [0, 0.05) is 37.1 Å². The number of hydrogen-bond acceptors (Lipinski definition) is 2. The van der Waals surface area contributed by atoms with E-state index in [0.717, 1.165) is 25.9 Å². The van der Waals surface area contributed by atoms with Crippen LogP contribution >= 0.6 is 0 Å². The highest BCUT2D eigenvalue weighted by Gasteiger charge is 2.39. The molecular weight excluding hydrogens is 232 g/mol. The van der Waals surface area contributed by atoms with E-state index >= 15 is 0 Å². The van der Waals surface area contributed by atoms with Crippen molar-refractivity contribution in [2.75, 3.05) is 13.1 Å². The second kappa shape index (κ2) is 7.31. The Balaban J connectivity index is 2.93. The lowest BCUT2D eigenvalue weighted by molar-refractivity contribution is 0.0167. The van der Waals surface area contributed by atoms with Crippen LogP contribution in [0, 0.1) is 18.3 Å². The van der Waals surface area contributed by atoms with E-state index in [1.54, 1.807) is 0 Å². The predicted octanol–water partition coefficient (Wildman–Crippen LogP) is 3.28. The van der Waals surface area contributed by atoms with E-state index in [1.165, 1.54) is 12.8 Å². The quantitative estimate of drug-likeness (QED) is 0.741. The second-order valence-electron chi connectivity index (χ2n) is 6.32. The molecule has 1 aliphatic heterocycles. The van der Waals surface area contributed by atoms with Gasteiger partial charge < -0.3 is 5.32 Å². The van der Waals surface area contributed by atoms with Crippen LogP contribution in [0.1, 0.15) is 60.3 Å². The summed E-state index contributed by atoms with van der Waals surface area (Å²) in [6.45, 7) is 13.8. The summed E-state index contributed by atoms with van der Waals surface area (Å²) in [4.78, 5) is 2.70. The van der Waals surface area contributed by atoms with Gasteiger partial charge in [0.1, 0.15) is 0 Å². The van der Waals surface area contributed by atoms with E-state index in [1.807, 2.05) is 0 Å². The molecule has 1 heterocycles. The molecule has 1 fully saturated rings. The van der Waals surface area contributed by atoms with Gasteiger partial charge in [0.05, 0.1) is 0 Å². The van der Waals surface area contributed by atoms with E-state index in [2.05, 4.69) is 50.8 Å². The topological polar surface area (TPSA) is 15.3 Å². The van der Waals surface area contributed by atoms with Crippen molar-refractivity contribution in [1.29, 1.82) is 0 Å². The van der Waals surface area contributed by atoms with Crippen LogP contribution in [0.4, 0.5) is 0 Å². The largest absolute Gasteiger partial charge is 0.308 e. The van der Waals surface area contributed by atoms with Gasteiger partial charge in [0.2, 0.25) is 0 Å². The Morgan fingerprint density at radius 2 is 1.95 bits per heavy atom. The summed E-state index contributed by atoms with van der Waals surface area (Å²) in [6.07, 6.45) is 9.98. The highest BCUT2D eigenvalue weighted by Crippen LogP contribution is 2.28. The normalized spacial score (nSPS) is 25.2. The van der Waals surface area contributed by atoms with Crippen LogP contribution in [0.5, 0.6) is 0 Å². The van der Waals surface area contributed by atoms with Crippen LogP contribution in [0.25, 0.3) is 0 Å². The van der Waals surface area contributed by atoms with E-state index in [-0.39, 0.29) is 5.54 Å². The average molecular weight is 264 g/mol. The van der Waals surface area contributed by atoms with Gasteiger partial charge in [-0.15, -0.1) is 12.3 Å². The Kier molecular flexibility index (Phi) is 6.36. The summed E-state index contributed by atoms with van der Waals surface area (Å²) in [5.41, 5.74) is 0.285. The molecule has 0 aromatic heterocycles. The zero-order valence-electron chi connectivity index (χ0n) is 13.5. The van der Waals surface area contributed by atoms with Crippen molar-refractivity contribution in [3.8, 4) is 12.3 Å². The summed E-state index contributed by atoms with van der Waals surface area (Å²) in [5, 5.41) is 3.82. The molecule has 0 amide bonds. The lowest BCUT2D eigenvalue weighted by Gasteiger charge is -2.51. The number of rotatable bonds is 6. The Morgan fingerprint density at radius 1 is 1.32 bits per heavy atom. The molecule has 0 bridgehead atoms. The number of nitrogens with zero attached hydrogens (tertiary/aromatic N) is 1. The Morgan fingerprint density at radius 3 is 2.37 bits per heavy atom. The van der Waals surface area contributed by atoms with Gasteiger partial charge >= 0.3 is 0 Å². The molecule has 2 unspecified atom stereocenters. The Hall–Kier alpha value is -0.520. The fourth-order valence-electron chi connectivity index (χ4n) is 3.34. The zero-order chi connectivity index (χ0) is 14.5. The molecule has 2 heteroatoms. The third kappa shape index (κ3) is 3.74. The molecule has 1 saturated heterocycles. The Bertz CT molecular complexity index is 299. The molecule has 110 valence electrons. The minimum absolute atomic E-state index is 0.285. The minimum Gasteiger partial charge on any atom is -0.308 e. The molecule has 2 nitrogen and oxygen atoms in total. The van der Waals surface area contributed by atoms with Crippen molar-refractivity contribution in [1.82, 2.24) is 10.2 Å². The lowest BCUT2D eigenvalue weighted by Crippen LogP contribution is -2.66. The van der Waals surface area contributed by atoms with Crippen molar-refractivity contribution in [2.45, 2.75) is 77.9 Å². The number of terminal acetylenes is 1. The first-order valence-electron chi connectivity index (χ1n) is 7.97. The molecule has 0 saturated carbocycles. The fraction of sp³-hybridized carbons (Fsp3) is 0.882. The summed E-state index contributed by atoms with van der Waals surface area (Å²) in [5.74, 6) is 3.55. The number of piperazine rings is 1. The highest BCUT2D eigenvalue weighted by atomic mass is 15.3. The van der Waals surface area contributed by atoms with Gasteiger partial charge in [-0.25, -0.2) is 0 Å². The maximum atomic E-state index is 5.57. The van der Waals surface area contributed by atoms with Crippen molar-refractivity contribution in [3.63, 3.8) is 0 Å². The molecule has 0 aromatic carbocycles. The monoisotopic (exact) mass is 264 g/mol. The summed E-state index contributed by atoms with van der Waals surface area (Å²) in [7, 11) is 0. The summed E-state index contributed by atoms with van der Waals surface area (Å²) in [6, 6.07) is 1.15. The predicted molar refractivity (Wildman–Crippen MR) is 84.2 cm³/mol. The molecule has 2 atom stereocenters. The van der Waals surface area contributed by atoms with Gasteiger partial charge in [-0.2, -0.15) is 0 Å². The highest BCUT2D eigenvalue weighted by molar-refractivity contribution is 5.01. The third-order valence-electron chi connectivity index (χ3n) is 5.01. The minimum atomic E-state index is 0.285. The summed E-state index contributed by atoms with van der Waals surface area (Å²) < 4.78 is 0. The van der Waals surface area contributed by atoms with Gasteiger partial charge in [0.25, 0.3) is 0 Å². The first-order chi connectivity index (χ1) is 9.03. The van der Waals surface area contributed by atoms with E-state index < -0.39 is 0 Å². The fourth-order valence-corrected chi connectivity index (χ4v) is 3.34. The molecule has 1 rings (SSSR count). The average Bonchev–Trinajstić information content (AvgIpc) is 2.43. The van der Waals surface area contributed by atoms with Crippen LogP contribution in [0.2, 0.25) is 0 Å². The van der Waals surface area contributed by atoms with Crippen LogP contribution in [0.3, 0.4) is 0 Å². The van der Waals surface area contributed by atoms with Crippen LogP contribution < -0.4 is 5.32 Å². The zero-order valence-corrected chi connectivity index (χ0v) is 13.5. The van der Waals surface area contributed by atoms with Crippen molar-refractivity contribution in [2.24, 2.45) is 5.92 Å². The first-order valence-corrected chi connectivity index (χ1v) is 7.97. The SMILES string of the molecule is C#CCC(CC)N1CC(CC)(CC)NCC1C(C)C. The molecule has 19 heavy (non-hydrogen) atoms. The molecular formula is C17H32N2. The van der Waals surface area contributed by atoms with Gasteiger partial charge in [0.15, 0.2) is 0 Å². The van der Waals surface area contributed by atoms with Gasteiger partial charge in [-0.1, -0.05) is 34.6 Å². The number of nitrogens with one attached hydrogen (secondary N) is 1. The molecule has 0 spiro atoms. The smallest absolute Gasteiger partial charge is 0.0304 e. The maximum Gasteiger partial charge on any atom is 0.0304 e. The van der Waals surface area contributed by atoms with Crippen LogP contribution in [-0.4, -0.2) is 35.6 Å². The van der Waals surface area contributed by atoms with Crippen LogP contribution in [-0.2, 0) is 0 Å². The Labute approximate surface area is 120 Å². The van der Waals surface area contributed by atoms with Crippen LogP contribution in [0.15, 0.2) is 0 Å². The van der Waals surface area contributed by atoms with Gasteiger partial charge in [-0.05, 0) is 25.2 Å². The lowest BCUT2D eigenvalue weighted by atomic mass is 9.84. The second-order valence-corrected chi connectivity index (χ2v) is 6.32. The van der Waals surface area contributed by atoms with Crippen molar-refractivity contribution >= 4 is 0 Å². The standard InChI is InChI=1S/C17H32N2/c1-7-11-15(8-2)19-13-17(9-3,10-4)18-12-16(19)14(5)6/h1,14-16,18H,8-13H2,2-6H3. The molecule has 1 N–H and O–H groups in total. The van der Waals surface area contributed by atoms with Crippen molar-refractivity contribution < 1.29 is 0 Å². The van der Waals surface area contributed by atoms with Crippen molar-refractivity contribution in [3.05, 3.63) is 0 Å². The first kappa shape index (κ1) is 16.5. The maximum absolute atomic E-state index is 5.57. The van der Waals surface area contributed by atoms with E-state index in [9.17, 15) is 0 Å². The molecule has 1 aliphatic rings. The van der Waals surface area contributed by atoms with E-state index in [0.29, 0.717) is 18.0 Å². The molecule has 0 aliphatic carbocycles. The summed E-state index contributed by atoms with van der Waals surface area (Å²) >= 11 is 0. The molecule has 0 aromatic rings.